The quantitative estimate of drug-likeness (QED) is 0.726. The van der Waals surface area contributed by atoms with Gasteiger partial charge in [0.15, 0.2) is 0 Å². The summed E-state index contributed by atoms with van der Waals surface area (Å²) in [6, 6.07) is -0.215. The molecule has 1 heterocycles. The number of halogens is 1. The molecule has 104 valence electrons. The van der Waals surface area contributed by atoms with E-state index in [9.17, 15) is 9.59 Å². The summed E-state index contributed by atoms with van der Waals surface area (Å²) >= 11 is 3.15. The van der Waals surface area contributed by atoms with E-state index < -0.39 is 0 Å². The highest BCUT2D eigenvalue weighted by Crippen LogP contribution is 2.24. The van der Waals surface area contributed by atoms with Crippen LogP contribution in [0.25, 0.3) is 0 Å². The Balaban J connectivity index is 2.76. The maximum atomic E-state index is 11.9. The van der Waals surface area contributed by atoms with Gasteiger partial charge in [-0.25, -0.2) is 4.79 Å². The number of carbonyl (C=O) groups is 2. The Morgan fingerprint density at radius 3 is 2.72 bits per heavy atom. The van der Waals surface area contributed by atoms with E-state index in [2.05, 4.69) is 15.9 Å². The number of hydrogen-bond acceptors (Lipinski definition) is 4. The predicted octanol–water partition coefficient (Wildman–Crippen LogP) is 1.98. The van der Waals surface area contributed by atoms with Gasteiger partial charge in [0, 0.05) is 20.1 Å². The Labute approximate surface area is 116 Å². The van der Waals surface area contributed by atoms with Crippen LogP contribution in [0.15, 0.2) is 0 Å². The molecular formula is C12H20BrNO4. The second kappa shape index (κ2) is 7.74. The zero-order chi connectivity index (χ0) is 13.5. The molecule has 0 aliphatic carbocycles. The number of ketones is 1. The molecule has 0 N–H and O–H groups in total. The van der Waals surface area contributed by atoms with Crippen molar-refractivity contribution in [3.8, 4) is 0 Å². The van der Waals surface area contributed by atoms with Gasteiger partial charge in [-0.3, -0.25) is 4.79 Å². The maximum Gasteiger partial charge on any atom is 0.410 e. The summed E-state index contributed by atoms with van der Waals surface area (Å²) in [6.45, 7) is 2.74. The molecule has 18 heavy (non-hydrogen) atoms. The monoisotopic (exact) mass is 321 g/mol. The lowest BCUT2D eigenvalue weighted by atomic mass is 9.95. The van der Waals surface area contributed by atoms with Gasteiger partial charge in [-0.05, 0) is 19.8 Å². The Morgan fingerprint density at radius 2 is 2.17 bits per heavy atom. The van der Waals surface area contributed by atoms with Gasteiger partial charge in [-0.1, -0.05) is 15.9 Å². The van der Waals surface area contributed by atoms with E-state index >= 15 is 0 Å². The molecule has 2 atom stereocenters. The third-order valence-electron chi connectivity index (χ3n) is 3.11. The van der Waals surface area contributed by atoms with Crippen LogP contribution < -0.4 is 0 Å². The largest absolute Gasteiger partial charge is 0.450 e. The minimum absolute atomic E-state index is 0.0678. The van der Waals surface area contributed by atoms with Crippen molar-refractivity contribution in [1.82, 2.24) is 4.90 Å². The SMILES string of the molecule is CCOC(=O)N1CCC[C@H](OC)[C@@H]1CC(=O)CBr. The van der Waals surface area contributed by atoms with Gasteiger partial charge in [0.25, 0.3) is 0 Å². The minimum atomic E-state index is -0.355. The summed E-state index contributed by atoms with van der Waals surface area (Å²) in [6.07, 6.45) is 1.60. The van der Waals surface area contributed by atoms with Crippen molar-refractivity contribution in [2.45, 2.75) is 38.3 Å². The van der Waals surface area contributed by atoms with Crippen LogP contribution in [-0.2, 0) is 14.3 Å². The summed E-state index contributed by atoms with van der Waals surface area (Å²) in [5.41, 5.74) is 0. The molecule has 5 nitrogen and oxygen atoms in total. The number of nitrogens with zero attached hydrogens (tertiary/aromatic N) is 1. The number of hydrogen-bond donors (Lipinski definition) is 0. The minimum Gasteiger partial charge on any atom is -0.450 e. The number of carbonyl (C=O) groups excluding carboxylic acids is 2. The average Bonchev–Trinajstić information content (AvgIpc) is 2.38. The summed E-state index contributed by atoms with van der Waals surface area (Å²) in [4.78, 5) is 25.1. The van der Waals surface area contributed by atoms with Gasteiger partial charge >= 0.3 is 6.09 Å². The molecule has 1 fully saturated rings. The lowest BCUT2D eigenvalue weighted by Gasteiger charge is -2.39. The van der Waals surface area contributed by atoms with Crippen LogP contribution in [0.4, 0.5) is 4.79 Å². The second-order valence-electron chi connectivity index (χ2n) is 4.25. The predicted molar refractivity (Wildman–Crippen MR) is 71.0 cm³/mol. The van der Waals surface area contributed by atoms with Crippen LogP contribution in [-0.4, -0.2) is 54.5 Å². The van der Waals surface area contributed by atoms with Crippen LogP contribution in [0.2, 0.25) is 0 Å². The Hall–Kier alpha value is -0.620. The molecule has 0 bridgehead atoms. The molecule has 0 aromatic carbocycles. The van der Waals surface area contributed by atoms with E-state index in [0.717, 1.165) is 12.8 Å². The Bertz CT molecular complexity index is 298. The van der Waals surface area contributed by atoms with Gasteiger partial charge in [0.05, 0.1) is 24.1 Å². The van der Waals surface area contributed by atoms with Crippen molar-refractivity contribution in [2.75, 3.05) is 25.6 Å². The van der Waals surface area contributed by atoms with Crippen LogP contribution in [0.5, 0.6) is 0 Å². The molecule has 0 saturated carbocycles. The highest BCUT2D eigenvalue weighted by molar-refractivity contribution is 9.09. The molecule has 1 amide bonds. The van der Waals surface area contributed by atoms with Gasteiger partial charge in [0.1, 0.15) is 5.78 Å². The van der Waals surface area contributed by atoms with E-state index in [4.69, 9.17) is 9.47 Å². The second-order valence-corrected chi connectivity index (χ2v) is 4.81. The number of likely N-dealkylation sites (tertiary alicyclic amines) is 1. The molecule has 0 aromatic rings. The van der Waals surface area contributed by atoms with Crippen molar-refractivity contribution in [3.63, 3.8) is 0 Å². The number of methoxy groups -OCH3 is 1. The summed E-state index contributed by atoms with van der Waals surface area (Å²) in [7, 11) is 1.62. The fraction of sp³-hybridized carbons (Fsp3) is 0.833. The molecule has 6 heteroatoms. The molecule has 1 rings (SSSR count). The normalized spacial score (nSPS) is 23.8. The fourth-order valence-corrected chi connectivity index (χ4v) is 2.49. The average molecular weight is 322 g/mol. The molecule has 1 saturated heterocycles. The third-order valence-corrected chi connectivity index (χ3v) is 3.73. The molecule has 0 unspecified atom stereocenters. The highest BCUT2D eigenvalue weighted by atomic mass is 79.9. The zero-order valence-electron chi connectivity index (χ0n) is 10.9. The van der Waals surface area contributed by atoms with Crippen molar-refractivity contribution in [1.29, 1.82) is 0 Å². The molecule has 0 radical (unpaired) electrons. The van der Waals surface area contributed by atoms with Gasteiger partial charge in [0.2, 0.25) is 0 Å². The Kier molecular flexibility index (Phi) is 6.63. The first-order valence-electron chi connectivity index (χ1n) is 6.17. The van der Waals surface area contributed by atoms with E-state index in [1.54, 1.807) is 18.9 Å². The first-order chi connectivity index (χ1) is 8.63. The molecule has 1 aliphatic rings. The van der Waals surface area contributed by atoms with Gasteiger partial charge in [-0.2, -0.15) is 0 Å². The van der Waals surface area contributed by atoms with Crippen LogP contribution in [0, 0.1) is 0 Å². The zero-order valence-corrected chi connectivity index (χ0v) is 12.4. The van der Waals surface area contributed by atoms with Crippen molar-refractivity contribution in [3.05, 3.63) is 0 Å². The standard InChI is InChI=1S/C12H20BrNO4/c1-3-18-12(16)14-6-4-5-11(17-2)10(14)7-9(15)8-13/h10-11H,3-8H2,1-2H3/t10-,11-/m0/s1. The Morgan fingerprint density at radius 1 is 1.44 bits per heavy atom. The van der Waals surface area contributed by atoms with E-state index in [1.807, 2.05) is 0 Å². The lowest BCUT2D eigenvalue weighted by Crippen LogP contribution is -2.52. The van der Waals surface area contributed by atoms with E-state index in [-0.39, 0.29) is 24.0 Å². The van der Waals surface area contributed by atoms with Crippen molar-refractivity contribution < 1.29 is 19.1 Å². The maximum absolute atomic E-state index is 11.9. The highest BCUT2D eigenvalue weighted by Gasteiger charge is 2.36. The van der Waals surface area contributed by atoms with Crippen LogP contribution >= 0.6 is 15.9 Å². The lowest BCUT2D eigenvalue weighted by molar-refractivity contribution is -0.119. The van der Waals surface area contributed by atoms with Gasteiger partial charge < -0.3 is 14.4 Å². The van der Waals surface area contributed by atoms with Crippen LogP contribution in [0.3, 0.4) is 0 Å². The number of ether oxygens (including phenoxy) is 2. The fourth-order valence-electron chi connectivity index (χ4n) is 2.26. The topological polar surface area (TPSA) is 55.8 Å². The molecule has 1 aliphatic heterocycles. The number of amides is 1. The summed E-state index contributed by atoms with van der Waals surface area (Å²) < 4.78 is 10.4. The van der Waals surface area contributed by atoms with Crippen molar-refractivity contribution >= 4 is 27.8 Å². The van der Waals surface area contributed by atoms with E-state index in [0.29, 0.717) is 24.9 Å². The summed E-state index contributed by atoms with van der Waals surface area (Å²) in [5.74, 6) is 0.0678. The number of alkyl halides is 1. The number of piperidine rings is 1. The molecular weight excluding hydrogens is 302 g/mol. The molecule has 0 spiro atoms. The number of Topliss-reactive ketones (excluding diaryl/α,β-unsaturated/α-hetero) is 1. The molecule has 0 aromatic heterocycles. The smallest absolute Gasteiger partial charge is 0.410 e. The first kappa shape index (κ1) is 15.4. The third kappa shape index (κ3) is 3.95. The van der Waals surface area contributed by atoms with Gasteiger partial charge in [-0.15, -0.1) is 0 Å². The van der Waals surface area contributed by atoms with Crippen LogP contribution in [0.1, 0.15) is 26.2 Å². The summed E-state index contributed by atoms with van der Waals surface area (Å²) in [5, 5.41) is 0.302. The first-order valence-corrected chi connectivity index (χ1v) is 7.30. The van der Waals surface area contributed by atoms with E-state index in [1.165, 1.54) is 0 Å². The number of rotatable bonds is 5. The van der Waals surface area contributed by atoms with Crippen molar-refractivity contribution in [2.24, 2.45) is 0 Å².